The third-order valence-electron chi connectivity index (χ3n) is 3.31. The molecule has 24 heavy (non-hydrogen) atoms. The van der Waals surface area contributed by atoms with E-state index in [4.69, 9.17) is 0 Å². The van der Waals surface area contributed by atoms with Crippen molar-refractivity contribution in [2.24, 2.45) is 0 Å². The SMILES string of the molecule is COC(=O)[C@@H](C)Sc1nc2c(cnn2-c2ccc(F)cc2)c(=O)[nH]1. The molecule has 0 amide bonds. The summed E-state index contributed by atoms with van der Waals surface area (Å²) in [6.07, 6.45) is 1.39. The van der Waals surface area contributed by atoms with Crippen LogP contribution in [0.25, 0.3) is 16.7 Å². The van der Waals surface area contributed by atoms with Crippen LogP contribution in [0.4, 0.5) is 4.39 Å². The molecule has 1 aromatic carbocycles. The molecule has 124 valence electrons. The normalized spacial score (nSPS) is 12.3. The molecule has 3 aromatic rings. The molecule has 1 N–H and O–H groups in total. The Morgan fingerprint density at radius 2 is 2.08 bits per heavy atom. The quantitative estimate of drug-likeness (QED) is 0.440. The van der Waals surface area contributed by atoms with Crippen LogP contribution >= 0.6 is 11.8 Å². The number of methoxy groups -OCH3 is 1. The largest absolute Gasteiger partial charge is 0.468 e. The maximum atomic E-state index is 13.1. The summed E-state index contributed by atoms with van der Waals surface area (Å²) >= 11 is 1.07. The molecular formula is C15H13FN4O3S. The summed E-state index contributed by atoms with van der Waals surface area (Å²) in [5.41, 5.74) is 0.527. The number of fused-ring (bicyclic) bond motifs is 1. The zero-order valence-electron chi connectivity index (χ0n) is 12.8. The maximum absolute atomic E-state index is 13.1. The molecule has 0 saturated heterocycles. The average Bonchev–Trinajstić information content (AvgIpc) is 2.99. The van der Waals surface area contributed by atoms with E-state index in [1.54, 1.807) is 6.92 Å². The molecule has 0 spiro atoms. The number of rotatable bonds is 4. The predicted molar refractivity (Wildman–Crippen MR) is 86.8 cm³/mol. The summed E-state index contributed by atoms with van der Waals surface area (Å²) in [6.45, 7) is 1.65. The van der Waals surface area contributed by atoms with Gasteiger partial charge in [-0.3, -0.25) is 9.59 Å². The number of aromatic amines is 1. The number of nitrogens with zero attached hydrogens (tertiary/aromatic N) is 3. The second kappa shape index (κ2) is 6.44. The van der Waals surface area contributed by atoms with Crippen LogP contribution in [0.1, 0.15) is 6.92 Å². The molecule has 1 atom stereocenters. The standard InChI is InChI=1S/C15H13FN4O3S/c1-8(14(22)23-2)24-15-18-12-11(13(21)19-15)7-17-20(12)10-5-3-9(16)4-6-10/h3-8H,1-2H3,(H,18,19,21)/t8-/m1/s1. The van der Waals surface area contributed by atoms with Crippen molar-refractivity contribution < 1.29 is 13.9 Å². The minimum absolute atomic E-state index is 0.272. The monoisotopic (exact) mass is 348 g/mol. The van der Waals surface area contributed by atoms with E-state index in [9.17, 15) is 14.0 Å². The summed E-state index contributed by atoms with van der Waals surface area (Å²) in [6, 6.07) is 5.67. The minimum Gasteiger partial charge on any atom is -0.468 e. The number of ether oxygens (including phenoxy) is 1. The van der Waals surface area contributed by atoms with Crippen molar-refractivity contribution in [1.82, 2.24) is 19.7 Å². The van der Waals surface area contributed by atoms with E-state index >= 15 is 0 Å². The van der Waals surface area contributed by atoms with E-state index < -0.39 is 11.2 Å². The smallest absolute Gasteiger partial charge is 0.318 e. The molecule has 0 aliphatic carbocycles. The van der Waals surface area contributed by atoms with Crippen molar-refractivity contribution in [1.29, 1.82) is 0 Å². The van der Waals surface area contributed by atoms with Crippen molar-refractivity contribution in [3.05, 3.63) is 46.6 Å². The highest BCUT2D eigenvalue weighted by Crippen LogP contribution is 2.22. The van der Waals surface area contributed by atoms with Crippen LogP contribution < -0.4 is 5.56 Å². The fraction of sp³-hybridized carbons (Fsp3) is 0.200. The fourth-order valence-corrected chi connectivity index (χ4v) is 2.93. The zero-order valence-corrected chi connectivity index (χ0v) is 13.6. The zero-order chi connectivity index (χ0) is 17.3. The van der Waals surface area contributed by atoms with Gasteiger partial charge in [-0.15, -0.1) is 0 Å². The summed E-state index contributed by atoms with van der Waals surface area (Å²) in [5.74, 6) is -0.793. The van der Waals surface area contributed by atoms with Gasteiger partial charge in [0.1, 0.15) is 16.5 Å². The molecule has 0 unspecified atom stereocenters. The second-order valence-electron chi connectivity index (χ2n) is 4.92. The fourth-order valence-electron chi connectivity index (χ4n) is 2.11. The van der Waals surface area contributed by atoms with Gasteiger partial charge < -0.3 is 9.72 Å². The Labute approximate surface area is 139 Å². The lowest BCUT2D eigenvalue weighted by molar-refractivity contribution is -0.139. The third kappa shape index (κ3) is 3.02. The summed E-state index contributed by atoms with van der Waals surface area (Å²) in [4.78, 5) is 30.7. The van der Waals surface area contributed by atoms with Crippen molar-refractivity contribution >= 4 is 28.8 Å². The molecule has 2 aromatic heterocycles. The van der Waals surface area contributed by atoms with E-state index in [2.05, 4.69) is 19.8 Å². The van der Waals surface area contributed by atoms with Gasteiger partial charge in [-0.05, 0) is 31.2 Å². The summed E-state index contributed by atoms with van der Waals surface area (Å²) in [7, 11) is 1.29. The van der Waals surface area contributed by atoms with Gasteiger partial charge in [-0.1, -0.05) is 11.8 Å². The Morgan fingerprint density at radius 1 is 1.38 bits per heavy atom. The van der Waals surface area contributed by atoms with Gasteiger partial charge in [-0.2, -0.15) is 5.10 Å². The number of hydrogen-bond acceptors (Lipinski definition) is 6. The predicted octanol–water partition coefficient (Wildman–Crippen LogP) is 1.90. The number of benzene rings is 1. The summed E-state index contributed by atoms with van der Waals surface area (Å²) < 4.78 is 19.2. The van der Waals surface area contributed by atoms with E-state index in [0.717, 1.165) is 11.8 Å². The van der Waals surface area contributed by atoms with Gasteiger partial charge in [0.25, 0.3) is 5.56 Å². The first-order valence-corrected chi connectivity index (χ1v) is 7.86. The van der Waals surface area contributed by atoms with Crippen LogP contribution in [0.5, 0.6) is 0 Å². The molecule has 0 bridgehead atoms. The first kappa shape index (κ1) is 16.2. The molecule has 0 aliphatic rings. The molecule has 2 heterocycles. The van der Waals surface area contributed by atoms with Crippen LogP contribution in [0.15, 0.2) is 40.4 Å². The van der Waals surface area contributed by atoms with Gasteiger partial charge in [0, 0.05) is 0 Å². The average molecular weight is 348 g/mol. The van der Waals surface area contributed by atoms with Gasteiger partial charge >= 0.3 is 5.97 Å². The molecule has 0 saturated carbocycles. The van der Waals surface area contributed by atoms with Crippen LogP contribution in [0.3, 0.4) is 0 Å². The maximum Gasteiger partial charge on any atom is 0.318 e. The number of halogens is 1. The van der Waals surface area contributed by atoms with Crippen molar-refractivity contribution in [3.63, 3.8) is 0 Å². The minimum atomic E-state index is -0.530. The first-order valence-electron chi connectivity index (χ1n) is 6.98. The van der Waals surface area contributed by atoms with Crippen molar-refractivity contribution in [2.75, 3.05) is 7.11 Å². The molecular weight excluding hydrogens is 335 g/mol. The van der Waals surface area contributed by atoms with E-state index in [-0.39, 0.29) is 16.5 Å². The highest BCUT2D eigenvalue weighted by Gasteiger charge is 2.18. The Balaban J connectivity index is 2.05. The number of carbonyl (C=O) groups is 1. The third-order valence-corrected chi connectivity index (χ3v) is 4.27. The van der Waals surface area contributed by atoms with Gasteiger partial charge in [0.05, 0.1) is 19.0 Å². The van der Waals surface area contributed by atoms with Crippen LogP contribution in [0, 0.1) is 5.82 Å². The van der Waals surface area contributed by atoms with Crippen LogP contribution in [-0.2, 0) is 9.53 Å². The Bertz CT molecular complexity index is 952. The topological polar surface area (TPSA) is 89.9 Å². The lowest BCUT2D eigenvalue weighted by Gasteiger charge is -2.08. The second-order valence-corrected chi connectivity index (χ2v) is 6.25. The number of nitrogens with one attached hydrogen (secondary N) is 1. The molecule has 0 fully saturated rings. The van der Waals surface area contributed by atoms with Crippen LogP contribution in [0.2, 0.25) is 0 Å². The molecule has 0 radical (unpaired) electrons. The van der Waals surface area contributed by atoms with Crippen LogP contribution in [-0.4, -0.2) is 38.1 Å². The number of aromatic nitrogens is 4. The number of hydrogen-bond donors (Lipinski definition) is 1. The number of carbonyl (C=O) groups excluding carboxylic acids is 1. The van der Waals surface area contributed by atoms with Gasteiger partial charge in [0.2, 0.25) is 0 Å². The van der Waals surface area contributed by atoms with Gasteiger partial charge in [0.15, 0.2) is 10.8 Å². The number of esters is 1. The molecule has 0 aliphatic heterocycles. The van der Waals surface area contributed by atoms with Gasteiger partial charge in [-0.25, -0.2) is 14.1 Å². The Morgan fingerprint density at radius 3 is 2.75 bits per heavy atom. The summed E-state index contributed by atoms with van der Waals surface area (Å²) in [5, 5.41) is 4.18. The van der Waals surface area contributed by atoms with Crippen molar-refractivity contribution in [3.8, 4) is 5.69 Å². The number of thioether (sulfide) groups is 1. The first-order chi connectivity index (χ1) is 11.5. The lowest BCUT2D eigenvalue weighted by atomic mass is 10.3. The molecule has 9 heteroatoms. The highest BCUT2D eigenvalue weighted by atomic mass is 32.2. The Kier molecular flexibility index (Phi) is 4.34. The Hall–Kier alpha value is -2.68. The molecule has 7 nitrogen and oxygen atoms in total. The highest BCUT2D eigenvalue weighted by molar-refractivity contribution is 8.00. The van der Waals surface area contributed by atoms with E-state index in [1.807, 2.05) is 0 Å². The number of H-pyrrole nitrogens is 1. The lowest BCUT2D eigenvalue weighted by Crippen LogP contribution is -2.17. The molecule has 3 rings (SSSR count). The van der Waals surface area contributed by atoms with E-state index in [0.29, 0.717) is 16.7 Å². The van der Waals surface area contributed by atoms with Crippen molar-refractivity contribution in [2.45, 2.75) is 17.3 Å². The van der Waals surface area contributed by atoms with E-state index in [1.165, 1.54) is 42.3 Å².